The van der Waals surface area contributed by atoms with Gasteiger partial charge in [0.05, 0.1) is 23.4 Å². The van der Waals surface area contributed by atoms with E-state index in [4.69, 9.17) is 4.74 Å². The number of rotatable bonds is 6. The molecule has 0 spiro atoms. The van der Waals surface area contributed by atoms with Crippen molar-refractivity contribution in [3.05, 3.63) is 83.7 Å². The molecule has 6 nitrogen and oxygen atoms in total. The van der Waals surface area contributed by atoms with Gasteiger partial charge in [-0.1, -0.05) is 36.4 Å². The average molecular weight is 510 g/mol. The highest BCUT2D eigenvalue weighted by Crippen LogP contribution is 2.40. The van der Waals surface area contributed by atoms with Crippen LogP contribution < -0.4 is 13.9 Å². The van der Waals surface area contributed by atoms with Gasteiger partial charge in [0, 0.05) is 44.8 Å². The Morgan fingerprint density at radius 2 is 1.67 bits per heavy atom. The molecule has 3 aromatic rings. The lowest BCUT2D eigenvalue weighted by atomic mass is 9.95. The number of hydrogen-bond acceptors (Lipinski definition) is 5. The van der Waals surface area contributed by atoms with E-state index in [1.807, 2.05) is 12.1 Å². The highest BCUT2D eigenvalue weighted by Gasteiger charge is 2.33. The maximum absolute atomic E-state index is 13.7. The quantitative estimate of drug-likeness (QED) is 0.475. The van der Waals surface area contributed by atoms with Crippen molar-refractivity contribution in [1.29, 1.82) is 0 Å². The number of piperazine rings is 1. The van der Waals surface area contributed by atoms with Gasteiger partial charge in [0.15, 0.2) is 0 Å². The van der Waals surface area contributed by atoms with Gasteiger partial charge in [-0.15, -0.1) is 0 Å². The lowest BCUT2D eigenvalue weighted by Gasteiger charge is -2.41. The molecule has 0 amide bonds. The van der Waals surface area contributed by atoms with Crippen molar-refractivity contribution in [2.45, 2.75) is 30.7 Å². The van der Waals surface area contributed by atoms with Gasteiger partial charge in [-0.25, -0.2) is 12.8 Å². The summed E-state index contributed by atoms with van der Waals surface area (Å²) in [5, 5.41) is 0. The largest absolute Gasteiger partial charge is 0.494 e. The molecule has 1 atom stereocenters. The highest BCUT2D eigenvalue weighted by atomic mass is 32.2. The van der Waals surface area contributed by atoms with Gasteiger partial charge in [-0.2, -0.15) is 0 Å². The van der Waals surface area contributed by atoms with Crippen molar-refractivity contribution in [2.24, 2.45) is 0 Å². The number of hydrogen-bond donors (Lipinski definition) is 0. The molecule has 0 aromatic heterocycles. The first-order valence-electron chi connectivity index (χ1n) is 12.4. The fourth-order valence-corrected chi connectivity index (χ4v) is 6.99. The van der Waals surface area contributed by atoms with Crippen LogP contribution in [0.1, 0.15) is 30.5 Å². The number of halogens is 1. The Hall–Kier alpha value is -3.10. The van der Waals surface area contributed by atoms with Gasteiger partial charge in [0.2, 0.25) is 0 Å². The van der Waals surface area contributed by atoms with E-state index in [2.05, 4.69) is 28.9 Å². The van der Waals surface area contributed by atoms with Crippen molar-refractivity contribution in [1.82, 2.24) is 4.90 Å². The summed E-state index contributed by atoms with van der Waals surface area (Å²) in [6.07, 6.45) is 1.67. The molecular formula is C28H32FN3O3S. The second-order valence-corrected chi connectivity index (χ2v) is 11.2. The third kappa shape index (κ3) is 4.55. The fraction of sp³-hybridized carbons (Fsp3) is 0.357. The molecule has 3 aromatic carbocycles. The maximum atomic E-state index is 13.7. The Labute approximate surface area is 213 Å². The number of para-hydroxylation sites is 1. The molecule has 0 bridgehead atoms. The molecule has 190 valence electrons. The summed E-state index contributed by atoms with van der Waals surface area (Å²) in [6, 6.07) is 19.6. The summed E-state index contributed by atoms with van der Waals surface area (Å²) in [5.74, 6) is 0.224. The molecule has 5 rings (SSSR count). The Balaban J connectivity index is 1.40. The second kappa shape index (κ2) is 10.1. The molecule has 36 heavy (non-hydrogen) atoms. The highest BCUT2D eigenvalue weighted by molar-refractivity contribution is 7.92. The average Bonchev–Trinajstić information content (AvgIpc) is 2.92. The molecule has 0 radical (unpaired) electrons. The molecule has 0 N–H and O–H groups in total. The van der Waals surface area contributed by atoms with E-state index >= 15 is 0 Å². The molecule has 2 aliphatic rings. The summed E-state index contributed by atoms with van der Waals surface area (Å²) in [4.78, 5) is 4.93. The summed E-state index contributed by atoms with van der Waals surface area (Å²) in [7, 11) is -2.10. The number of aryl methyl sites for hydroxylation is 1. The van der Waals surface area contributed by atoms with Crippen LogP contribution in [0.15, 0.2) is 71.6 Å². The van der Waals surface area contributed by atoms with E-state index in [-0.39, 0.29) is 11.9 Å². The van der Waals surface area contributed by atoms with Crippen molar-refractivity contribution in [3.63, 3.8) is 0 Å². The topological polar surface area (TPSA) is 53.1 Å². The smallest absolute Gasteiger partial charge is 0.264 e. The lowest BCUT2D eigenvalue weighted by molar-refractivity contribution is 0.198. The normalized spacial score (nSPS) is 17.5. The molecule has 2 aliphatic heterocycles. The van der Waals surface area contributed by atoms with Crippen molar-refractivity contribution >= 4 is 21.4 Å². The summed E-state index contributed by atoms with van der Waals surface area (Å²) in [5.41, 5.74) is 3.85. The SMILES string of the molecule is COc1cc(F)ccc1N1CCN(C(C)c2cccc3c2N(S(=O)(=O)c2ccccc2)CCC3)CC1. The molecule has 1 saturated heterocycles. The van der Waals surface area contributed by atoms with Crippen LogP contribution in [0.3, 0.4) is 0 Å². The molecule has 1 unspecified atom stereocenters. The number of ether oxygens (including phenoxy) is 1. The van der Waals surface area contributed by atoms with Crippen LogP contribution >= 0.6 is 0 Å². The first-order valence-corrected chi connectivity index (χ1v) is 13.9. The number of benzene rings is 3. The van der Waals surface area contributed by atoms with Crippen LogP contribution in [0.25, 0.3) is 0 Å². The van der Waals surface area contributed by atoms with Crippen LogP contribution in [-0.2, 0) is 16.4 Å². The van der Waals surface area contributed by atoms with E-state index in [0.29, 0.717) is 17.2 Å². The van der Waals surface area contributed by atoms with E-state index < -0.39 is 10.0 Å². The molecular weight excluding hydrogens is 477 g/mol. The number of methoxy groups -OCH3 is 1. The van der Waals surface area contributed by atoms with E-state index in [0.717, 1.165) is 61.5 Å². The van der Waals surface area contributed by atoms with Gasteiger partial charge in [-0.05, 0) is 55.2 Å². The minimum Gasteiger partial charge on any atom is -0.494 e. The summed E-state index contributed by atoms with van der Waals surface area (Å²) < 4.78 is 48.0. The lowest BCUT2D eigenvalue weighted by Crippen LogP contribution is -2.47. The number of nitrogens with zero attached hydrogens (tertiary/aromatic N) is 3. The van der Waals surface area contributed by atoms with Gasteiger partial charge < -0.3 is 9.64 Å². The Morgan fingerprint density at radius 1 is 0.917 bits per heavy atom. The summed E-state index contributed by atoms with van der Waals surface area (Å²) >= 11 is 0. The third-order valence-electron chi connectivity index (χ3n) is 7.33. The minimum atomic E-state index is -3.66. The van der Waals surface area contributed by atoms with Crippen LogP contribution in [-0.4, -0.2) is 53.2 Å². The first kappa shape index (κ1) is 24.6. The fourth-order valence-electron chi connectivity index (χ4n) is 5.40. The predicted molar refractivity (Wildman–Crippen MR) is 141 cm³/mol. The van der Waals surface area contributed by atoms with E-state index in [1.54, 1.807) is 41.7 Å². The van der Waals surface area contributed by atoms with Gasteiger partial charge in [0.25, 0.3) is 10.0 Å². The standard InChI is InChI=1S/C28H32FN3O3S/c1-21(30-16-18-31(19-17-30)26-14-13-23(29)20-27(26)35-2)25-12-6-8-22-9-7-15-32(28(22)25)36(33,34)24-10-4-3-5-11-24/h3-6,8,10-14,20-21H,7,9,15-19H2,1-2H3. The zero-order valence-electron chi connectivity index (χ0n) is 20.7. The predicted octanol–water partition coefficient (Wildman–Crippen LogP) is 4.86. The van der Waals surface area contributed by atoms with E-state index in [9.17, 15) is 12.8 Å². The Kier molecular flexibility index (Phi) is 6.90. The van der Waals surface area contributed by atoms with Crippen LogP contribution in [0.2, 0.25) is 0 Å². The zero-order chi connectivity index (χ0) is 25.3. The maximum Gasteiger partial charge on any atom is 0.264 e. The van der Waals surface area contributed by atoms with Gasteiger partial charge >= 0.3 is 0 Å². The molecule has 1 fully saturated rings. The van der Waals surface area contributed by atoms with Gasteiger partial charge in [0.1, 0.15) is 11.6 Å². The first-order chi connectivity index (χ1) is 17.4. The molecule has 0 aliphatic carbocycles. The van der Waals surface area contributed by atoms with Crippen LogP contribution in [0.4, 0.5) is 15.8 Å². The Morgan fingerprint density at radius 3 is 2.39 bits per heavy atom. The summed E-state index contributed by atoms with van der Waals surface area (Å²) in [6.45, 7) is 5.78. The molecule has 0 saturated carbocycles. The molecule has 2 heterocycles. The van der Waals surface area contributed by atoms with Crippen LogP contribution in [0.5, 0.6) is 5.75 Å². The third-order valence-corrected chi connectivity index (χ3v) is 9.15. The van der Waals surface area contributed by atoms with Crippen molar-refractivity contribution in [3.8, 4) is 5.75 Å². The van der Waals surface area contributed by atoms with Crippen molar-refractivity contribution < 1.29 is 17.5 Å². The minimum absolute atomic E-state index is 0.0452. The number of sulfonamides is 1. The zero-order valence-corrected chi connectivity index (χ0v) is 21.5. The van der Waals surface area contributed by atoms with Gasteiger partial charge in [-0.3, -0.25) is 9.21 Å². The Bertz CT molecular complexity index is 1330. The molecule has 8 heteroatoms. The van der Waals surface area contributed by atoms with E-state index in [1.165, 1.54) is 12.1 Å². The number of fused-ring (bicyclic) bond motifs is 1. The monoisotopic (exact) mass is 509 g/mol. The number of anilines is 2. The second-order valence-electron chi connectivity index (χ2n) is 9.36. The van der Waals surface area contributed by atoms with Crippen LogP contribution in [0, 0.1) is 5.82 Å². The van der Waals surface area contributed by atoms with Crippen molar-refractivity contribution in [2.75, 3.05) is 49.0 Å².